The predicted octanol–water partition coefficient (Wildman–Crippen LogP) is 3.32. The summed E-state index contributed by atoms with van der Waals surface area (Å²) in [7, 11) is 0. The van der Waals surface area contributed by atoms with Crippen LogP contribution in [0.2, 0.25) is 0 Å². The number of carbonyl (C=O) groups excluding carboxylic acids is 1. The van der Waals surface area contributed by atoms with E-state index in [1.807, 2.05) is 0 Å². The molecule has 6 heteroatoms. The van der Waals surface area contributed by atoms with E-state index in [9.17, 15) is 18.0 Å². The summed E-state index contributed by atoms with van der Waals surface area (Å²) in [5, 5.41) is 0. The van der Waals surface area contributed by atoms with Gasteiger partial charge in [-0.05, 0) is 19.1 Å². The van der Waals surface area contributed by atoms with Crippen molar-refractivity contribution in [2.45, 2.75) is 13.3 Å². The fourth-order valence-corrected chi connectivity index (χ4v) is 1.29. The van der Waals surface area contributed by atoms with Crippen molar-refractivity contribution < 1.29 is 22.7 Å². The third-order valence-corrected chi connectivity index (χ3v) is 2.03. The molecule has 0 radical (unpaired) electrons. The first-order chi connectivity index (χ1) is 7.33. The van der Waals surface area contributed by atoms with Crippen molar-refractivity contribution in [1.82, 2.24) is 0 Å². The van der Waals surface area contributed by atoms with Gasteiger partial charge in [0.1, 0.15) is 5.75 Å². The van der Waals surface area contributed by atoms with Crippen LogP contribution in [0.5, 0.6) is 5.75 Å². The monoisotopic (exact) mass is 252 g/mol. The van der Waals surface area contributed by atoms with Crippen LogP contribution in [0.1, 0.15) is 15.9 Å². The van der Waals surface area contributed by atoms with Crippen molar-refractivity contribution >= 4 is 17.4 Å². The van der Waals surface area contributed by atoms with E-state index in [4.69, 9.17) is 11.6 Å². The fourth-order valence-electron chi connectivity index (χ4n) is 1.15. The molecule has 0 aromatic heterocycles. The summed E-state index contributed by atoms with van der Waals surface area (Å²) >= 11 is 5.30. The normalized spacial score (nSPS) is 11.3. The number of ketones is 1. The van der Waals surface area contributed by atoms with Gasteiger partial charge in [0.15, 0.2) is 5.78 Å². The van der Waals surface area contributed by atoms with Crippen LogP contribution in [0.25, 0.3) is 0 Å². The fraction of sp³-hybridized carbons (Fsp3) is 0.300. The van der Waals surface area contributed by atoms with E-state index in [1.165, 1.54) is 12.1 Å². The van der Waals surface area contributed by atoms with Gasteiger partial charge in [0, 0.05) is 0 Å². The standard InChI is InChI=1S/C10H8ClF3O2/c1-6-2-3-9(16-10(12,13)14)7(4-6)8(15)5-11/h2-4H,5H2,1H3. The average molecular weight is 253 g/mol. The molecule has 0 saturated heterocycles. The van der Waals surface area contributed by atoms with Gasteiger partial charge >= 0.3 is 6.36 Å². The highest BCUT2D eigenvalue weighted by molar-refractivity contribution is 6.30. The Bertz CT molecular complexity index is 402. The lowest BCUT2D eigenvalue weighted by molar-refractivity contribution is -0.274. The van der Waals surface area contributed by atoms with E-state index in [2.05, 4.69) is 4.74 Å². The zero-order valence-corrected chi connectivity index (χ0v) is 9.02. The first kappa shape index (κ1) is 12.8. The van der Waals surface area contributed by atoms with Gasteiger partial charge in [-0.3, -0.25) is 4.79 Å². The van der Waals surface area contributed by atoms with Gasteiger partial charge in [0.25, 0.3) is 0 Å². The summed E-state index contributed by atoms with van der Waals surface area (Å²) < 4.78 is 39.8. The molecule has 1 aromatic rings. The van der Waals surface area contributed by atoms with E-state index < -0.39 is 23.8 Å². The smallest absolute Gasteiger partial charge is 0.405 e. The quantitative estimate of drug-likeness (QED) is 0.609. The lowest BCUT2D eigenvalue weighted by Crippen LogP contribution is -2.19. The molecule has 0 N–H and O–H groups in total. The average Bonchev–Trinajstić information content (AvgIpc) is 2.17. The van der Waals surface area contributed by atoms with Crippen LogP contribution in [0, 0.1) is 6.92 Å². The van der Waals surface area contributed by atoms with Crippen LogP contribution >= 0.6 is 11.6 Å². The minimum Gasteiger partial charge on any atom is -0.405 e. The molecular formula is C10H8ClF3O2. The Hall–Kier alpha value is -1.23. The highest BCUT2D eigenvalue weighted by atomic mass is 35.5. The summed E-state index contributed by atoms with van der Waals surface area (Å²) in [4.78, 5) is 11.3. The highest BCUT2D eigenvalue weighted by Crippen LogP contribution is 2.27. The molecule has 0 unspecified atom stereocenters. The molecule has 1 rings (SSSR count). The highest BCUT2D eigenvalue weighted by Gasteiger charge is 2.32. The topological polar surface area (TPSA) is 26.3 Å². The van der Waals surface area contributed by atoms with Gasteiger partial charge in [-0.1, -0.05) is 11.6 Å². The third-order valence-electron chi connectivity index (χ3n) is 1.78. The summed E-state index contributed by atoms with van der Waals surface area (Å²) in [6.07, 6.45) is -4.82. The van der Waals surface area contributed by atoms with Gasteiger partial charge in [0.2, 0.25) is 0 Å². The largest absolute Gasteiger partial charge is 0.573 e. The van der Waals surface area contributed by atoms with Crippen LogP contribution < -0.4 is 4.74 Å². The zero-order chi connectivity index (χ0) is 12.3. The van der Waals surface area contributed by atoms with Crippen molar-refractivity contribution in [2.24, 2.45) is 0 Å². The minimum absolute atomic E-state index is 0.160. The van der Waals surface area contributed by atoms with Crippen LogP contribution in [-0.2, 0) is 0 Å². The molecule has 16 heavy (non-hydrogen) atoms. The number of hydrogen-bond donors (Lipinski definition) is 0. The number of Topliss-reactive ketones (excluding diaryl/α,β-unsaturated/α-hetero) is 1. The zero-order valence-electron chi connectivity index (χ0n) is 8.27. The Balaban J connectivity index is 3.13. The Morgan fingerprint density at radius 3 is 2.56 bits per heavy atom. The number of aryl methyl sites for hydroxylation is 1. The van der Waals surface area contributed by atoms with E-state index in [0.717, 1.165) is 6.07 Å². The van der Waals surface area contributed by atoms with Crippen molar-refractivity contribution in [1.29, 1.82) is 0 Å². The summed E-state index contributed by atoms with van der Waals surface area (Å²) in [5.74, 6) is -1.52. The van der Waals surface area contributed by atoms with Gasteiger partial charge < -0.3 is 4.74 Å². The molecule has 2 nitrogen and oxygen atoms in total. The van der Waals surface area contributed by atoms with Crippen LogP contribution in [0.4, 0.5) is 13.2 Å². The molecule has 0 bridgehead atoms. The first-order valence-electron chi connectivity index (χ1n) is 4.29. The summed E-state index contributed by atoms with van der Waals surface area (Å²) in [6, 6.07) is 3.83. The van der Waals surface area contributed by atoms with E-state index >= 15 is 0 Å². The van der Waals surface area contributed by atoms with Crippen LogP contribution in [0.15, 0.2) is 18.2 Å². The number of rotatable bonds is 3. The Morgan fingerprint density at radius 1 is 1.44 bits per heavy atom. The third kappa shape index (κ3) is 3.41. The second kappa shape index (κ2) is 4.74. The number of hydrogen-bond acceptors (Lipinski definition) is 2. The van der Waals surface area contributed by atoms with Crippen molar-refractivity contribution in [2.75, 3.05) is 5.88 Å². The number of benzene rings is 1. The molecule has 1 aromatic carbocycles. The Labute approximate surface area is 95.0 Å². The molecule has 0 saturated carbocycles. The first-order valence-corrected chi connectivity index (χ1v) is 4.82. The van der Waals surface area contributed by atoms with E-state index in [-0.39, 0.29) is 5.56 Å². The summed E-state index contributed by atoms with van der Waals surface area (Å²) in [6.45, 7) is 1.66. The van der Waals surface area contributed by atoms with Crippen molar-refractivity contribution in [3.05, 3.63) is 29.3 Å². The lowest BCUT2D eigenvalue weighted by Gasteiger charge is -2.12. The van der Waals surface area contributed by atoms with E-state index in [1.54, 1.807) is 6.92 Å². The number of carbonyl (C=O) groups is 1. The van der Waals surface area contributed by atoms with Crippen molar-refractivity contribution in [3.8, 4) is 5.75 Å². The molecule has 0 fully saturated rings. The maximum atomic E-state index is 12.0. The summed E-state index contributed by atoms with van der Waals surface area (Å²) in [5.41, 5.74) is 0.496. The second-order valence-electron chi connectivity index (χ2n) is 3.10. The maximum absolute atomic E-state index is 12.0. The number of halogens is 4. The molecule has 0 amide bonds. The molecule has 0 spiro atoms. The minimum atomic E-state index is -4.82. The van der Waals surface area contributed by atoms with Gasteiger partial charge in [-0.25, -0.2) is 0 Å². The SMILES string of the molecule is Cc1ccc(OC(F)(F)F)c(C(=O)CCl)c1. The van der Waals surface area contributed by atoms with Gasteiger partial charge in [-0.2, -0.15) is 0 Å². The predicted molar refractivity (Wildman–Crippen MR) is 52.9 cm³/mol. The number of alkyl halides is 4. The second-order valence-corrected chi connectivity index (χ2v) is 3.37. The maximum Gasteiger partial charge on any atom is 0.573 e. The van der Waals surface area contributed by atoms with Crippen LogP contribution in [-0.4, -0.2) is 18.0 Å². The van der Waals surface area contributed by atoms with E-state index in [0.29, 0.717) is 5.56 Å². The molecule has 0 aliphatic carbocycles. The molecule has 88 valence electrons. The Kier molecular flexibility index (Phi) is 3.80. The molecule has 0 atom stereocenters. The van der Waals surface area contributed by atoms with Gasteiger partial charge in [0.05, 0.1) is 11.4 Å². The molecular weight excluding hydrogens is 245 g/mol. The number of ether oxygens (including phenoxy) is 1. The molecule has 0 heterocycles. The molecule has 0 aliphatic heterocycles. The van der Waals surface area contributed by atoms with Crippen LogP contribution in [0.3, 0.4) is 0 Å². The van der Waals surface area contributed by atoms with Gasteiger partial charge in [-0.15, -0.1) is 24.8 Å². The lowest BCUT2D eigenvalue weighted by atomic mass is 10.1. The Morgan fingerprint density at radius 2 is 2.06 bits per heavy atom. The van der Waals surface area contributed by atoms with Crippen molar-refractivity contribution in [3.63, 3.8) is 0 Å². The molecule has 0 aliphatic rings.